The van der Waals surface area contributed by atoms with Gasteiger partial charge in [-0.3, -0.25) is 4.79 Å². The number of hydrogen-bond donors (Lipinski definition) is 1. The van der Waals surface area contributed by atoms with Gasteiger partial charge in [0.05, 0.1) is 12.3 Å². The lowest BCUT2D eigenvalue weighted by Gasteiger charge is -2.07. The smallest absolute Gasteiger partial charge is 0.251 e. The number of benzene rings is 2. The molecule has 6 heteroatoms. The summed E-state index contributed by atoms with van der Waals surface area (Å²) in [6.45, 7) is 5.26. The van der Waals surface area contributed by atoms with Crippen LogP contribution in [0.4, 0.5) is 4.39 Å². The molecule has 0 aliphatic rings. The van der Waals surface area contributed by atoms with Crippen molar-refractivity contribution in [2.75, 3.05) is 13.2 Å². The van der Waals surface area contributed by atoms with Crippen molar-refractivity contribution in [2.24, 2.45) is 0 Å². The maximum atomic E-state index is 13.4. The fourth-order valence-electron chi connectivity index (χ4n) is 2.83. The van der Waals surface area contributed by atoms with E-state index in [2.05, 4.69) is 17.2 Å². The molecule has 0 saturated heterocycles. The highest BCUT2D eigenvalue weighted by atomic mass is 32.1. The van der Waals surface area contributed by atoms with E-state index in [0.29, 0.717) is 25.1 Å². The van der Waals surface area contributed by atoms with Crippen LogP contribution in [-0.2, 0) is 6.42 Å². The van der Waals surface area contributed by atoms with Crippen molar-refractivity contribution in [3.8, 4) is 16.3 Å². The fraction of sp³-hybridized carbons (Fsp3) is 0.304. The topological polar surface area (TPSA) is 51.2 Å². The molecular formula is C23H25FN2O2S. The first-order chi connectivity index (χ1) is 14.1. The number of aryl methyl sites for hydroxylation is 1. The number of ether oxygens (including phenoxy) is 1. The van der Waals surface area contributed by atoms with Gasteiger partial charge in [0.2, 0.25) is 0 Å². The molecule has 1 N–H and O–H groups in total. The first kappa shape index (κ1) is 21.0. The number of thiazole rings is 1. The summed E-state index contributed by atoms with van der Waals surface area (Å²) in [6, 6.07) is 13.6. The Bertz CT molecular complexity index is 954. The van der Waals surface area contributed by atoms with Gasteiger partial charge < -0.3 is 10.1 Å². The van der Waals surface area contributed by atoms with Crippen LogP contribution in [0.5, 0.6) is 5.75 Å². The standard InChI is InChI=1S/C23H25FN2O2S/c1-3-4-14-28-20-10-8-17(9-11-20)22(27)25-13-12-21-16(2)26-23(29-21)18-6-5-7-19(24)15-18/h5-11,15H,3-4,12-14H2,1-2H3,(H,25,27). The molecule has 29 heavy (non-hydrogen) atoms. The molecule has 0 aliphatic heterocycles. The van der Waals surface area contributed by atoms with Gasteiger partial charge >= 0.3 is 0 Å². The van der Waals surface area contributed by atoms with Crippen LogP contribution >= 0.6 is 11.3 Å². The molecule has 2 aromatic carbocycles. The van der Waals surface area contributed by atoms with Gasteiger partial charge in [0.1, 0.15) is 16.6 Å². The Morgan fingerprint density at radius 1 is 1.21 bits per heavy atom. The summed E-state index contributed by atoms with van der Waals surface area (Å²) >= 11 is 1.53. The van der Waals surface area contributed by atoms with E-state index in [1.165, 1.54) is 23.5 Å². The van der Waals surface area contributed by atoms with Crippen molar-refractivity contribution in [1.82, 2.24) is 10.3 Å². The molecule has 0 atom stereocenters. The highest BCUT2D eigenvalue weighted by Crippen LogP contribution is 2.28. The van der Waals surface area contributed by atoms with Crippen LogP contribution < -0.4 is 10.1 Å². The molecule has 3 aromatic rings. The maximum absolute atomic E-state index is 13.4. The average Bonchev–Trinajstić information content (AvgIpc) is 3.09. The Morgan fingerprint density at radius 2 is 2.00 bits per heavy atom. The SMILES string of the molecule is CCCCOc1ccc(C(=O)NCCc2sc(-c3cccc(F)c3)nc2C)cc1. The van der Waals surface area contributed by atoms with Crippen LogP contribution in [0.3, 0.4) is 0 Å². The number of carbonyl (C=O) groups is 1. The molecule has 0 aliphatic carbocycles. The number of nitrogens with zero attached hydrogens (tertiary/aromatic N) is 1. The zero-order valence-corrected chi connectivity index (χ0v) is 17.5. The third-order valence-electron chi connectivity index (χ3n) is 4.48. The third kappa shape index (κ3) is 5.87. The number of unbranched alkanes of at least 4 members (excludes halogenated alkanes) is 1. The van der Waals surface area contributed by atoms with Gasteiger partial charge in [-0.2, -0.15) is 0 Å². The second-order valence-electron chi connectivity index (χ2n) is 6.77. The van der Waals surface area contributed by atoms with E-state index in [-0.39, 0.29) is 11.7 Å². The van der Waals surface area contributed by atoms with Crippen molar-refractivity contribution in [1.29, 1.82) is 0 Å². The second-order valence-corrected chi connectivity index (χ2v) is 7.85. The van der Waals surface area contributed by atoms with E-state index >= 15 is 0 Å². The molecule has 152 valence electrons. The molecule has 1 heterocycles. The number of hydrogen-bond acceptors (Lipinski definition) is 4. The van der Waals surface area contributed by atoms with Crippen LogP contribution in [-0.4, -0.2) is 24.0 Å². The van der Waals surface area contributed by atoms with E-state index in [1.54, 1.807) is 18.2 Å². The predicted molar refractivity (Wildman–Crippen MR) is 115 cm³/mol. The highest BCUT2D eigenvalue weighted by Gasteiger charge is 2.11. The second kappa shape index (κ2) is 10.2. The lowest BCUT2D eigenvalue weighted by Crippen LogP contribution is -2.25. The Labute approximate surface area is 174 Å². The fourth-order valence-corrected chi connectivity index (χ4v) is 3.89. The zero-order chi connectivity index (χ0) is 20.6. The molecule has 0 bridgehead atoms. The van der Waals surface area contributed by atoms with Gasteiger partial charge in [0, 0.05) is 29.0 Å². The van der Waals surface area contributed by atoms with E-state index in [4.69, 9.17) is 4.74 Å². The van der Waals surface area contributed by atoms with Crippen molar-refractivity contribution < 1.29 is 13.9 Å². The molecule has 0 fully saturated rings. The Morgan fingerprint density at radius 3 is 2.72 bits per heavy atom. The molecule has 1 amide bonds. The Hall–Kier alpha value is -2.73. The number of carbonyl (C=O) groups excluding carboxylic acids is 1. The number of halogens is 1. The van der Waals surface area contributed by atoms with Crippen molar-refractivity contribution in [3.63, 3.8) is 0 Å². The molecule has 0 saturated carbocycles. The van der Waals surface area contributed by atoms with Gasteiger partial charge in [-0.15, -0.1) is 11.3 Å². The lowest BCUT2D eigenvalue weighted by molar-refractivity contribution is 0.0954. The first-order valence-corrected chi connectivity index (χ1v) is 10.6. The van der Waals surface area contributed by atoms with Crippen molar-refractivity contribution >= 4 is 17.2 Å². The molecule has 3 rings (SSSR count). The monoisotopic (exact) mass is 412 g/mol. The molecule has 4 nitrogen and oxygen atoms in total. The summed E-state index contributed by atoms with van der Waals surface area (Å²) in [5.74, 6) is 0.392. The zero-order valence-electron chi connectivity index (χ0n) is 16.7. The summed E-state index contributed by atoms with van der Waals surface area (Å²) in [5, 5.41) is 3.74. The van der Waals surface area contributed by atoms with E-state index < -0.39 is 0 Å². The van der Waals surface area contributed by atoms with E-state index in [0.717, 1.165) is 39.7 Å². The maximum Gasteiger partial charge on any atom is 0.251 e. The molecule has 0 spiro atoms. The summed E-state index contributed by atoms with van der Waals surface area (Å²) in [5.41, 5.74) is 2.29. The molecule has 0 radical (unpaired) electrons. The normalized spacial score (nSPS) is 10.7. The van der Waals surface area contributed by atoms with Gasteiger partial charge in [0.25, 0.3) is 5.91 Å². The third-order valence-corrected chi connectivity index (χ3v) is 5.75. The number of aromatic nitrogens is 1. The summed E-state index contributed by atoms with van der Waals surface area (Å²) < 4.78 is 19.1. The Balaban J connectivity index is 1.52. The lowest BCUT2D eigenvalue weighted by atomic mass is 10.2. The van der Waals surface area contributed by atoms with Gasteiger partial charge in [-0.25, -0.2) is 9.37 Å². The van der Waals surface area contributed by atoms with Crippen LogP contribution in [0.25, 0.3) is 10.6 Å². The molecule has 0 unspecified atom stereocenters. The first-order valence-electron chi connectivity index (χ1n) is 9.80. The number of rotatable bonds is 9. The van der Waals surface area contributed by atoms with Crippen LogP contribution in [0.15, 0.2) is 48.5 Å². The minimum Gasteiger partial charge on any atom is -0.494 e. The van der Waals surface area contributed by atoms with Crippen molar-refractivity contribution in [3.05, 3.63) is 70.5 Å². The van der Waals surface area contributed by atoms with Gasteiger partial charge in [-0.1, -0.05) is 25.5 Å². The van der Waals surface area contributed by atoms with Crippen LogP contribution in [0.1, 0.15) is 40.7 Å². The van der Waals surface area contributed by atoms with Gasteiger partial charge in [-0.05, 0) is 49.7 Å². The van der Waals surface area contributed by atoms with E-state index in [1.807, 2.05) is 25.1 Å². The van der Waals surface area contributed by atoms with Gasteiger partial charge in [0.15, 0.2) is 0 Å². The largest absolute Gasteiger partial charge is 0.494 e. The molecular weight excluding hydrogens is 387 g/mol. The minimum absolute atomic E-state index is 0.113. The van der Waals surface area contributed by atoms with Crippen molar-refractivity contribution in [2.45, 2.75) is 33.1 Å². The number of nitrogens with one attached hydrogen (secondary N) is 1. The van der Waals surface area contributed by atoms with Crippen LogP contribution in [0, 0.1) is 12.7 Å². The van der Waals surface area contributed by atoms with Crippen LogP contribution in [0.2, 0.25) is 0 Å². The van der Waals surface area contributed by atoms with E-state index in [9.17, 15) is 9.18 Å². The number of amides is 1. The summed E-state index contributed by atoms with van der Waals surface area (Å²) in [6.07, 6.45) is 2.78. The minimum atomic E-state index is -0.272. The predicted octanol–water partition coefficient (Wildman–Crippen LogP) is 5.41. The summed E-state index contributed by atoms with van der Waals surface area (Å²) in [4.78, 5) is 18.0. The molecule has 1 aromatic heterocycles. The average molecular weight is 413 g/mol. The Kier molecular flexibility index (Phi) is 7.36. The highest BCUT2D eigenvalue weighted by molar-refractivity contribution is 7.15. The summed E-state index contributed by atoms with van der Waals surface area (Å²) in [7, 11) is 0. The quantitative estimate of drug-likeness (QED) is 0.478.